The second-order valence-corrected chi connectivity index (χ2v) is 4.03. The lowest BCUT2D eigenvalue weighted by molar-refractivity contribution is -0.0492. The standard InChI is InChI=1S/C8H19BO2/c1-7(2,6-10-5)8(3,4)11-9/h6,9H2,1-5H3. The third-order valence-corrected chi connectivity index (χ3v) is 2.65. The number of rotatable bonds is 4. The van der Waals surface area contributed by atoms with Gasteiger partial charge in [-0.3, -0.25) is 0 Å². The van der Waals surface area contributed by atoms with Gasteiger partial charge in [-0.05, 0) is 13.8 Å². The molecule has 0 saturated carbocycles. The van der Waals surface area contributed by atoms with Crippen LogP contribution in [0.15, 0.2) is 0 Å². The number of methoxy groups -OCH3 is 1. The Morgan fingerprint density at radius 3 is 1.91 bits per heavy atom. The van der Waals surface area contributed by atoms with Crippen molar-refractivity contribution >= 4 is 8.05 Å². The van der Waals surface area contributed by atoms with Gasteiger partial charge in [-0.2, -0.15) is 0 Å². The predicted octanol–water partition coefficient (Wildman–Crippen LogP) is 1.00. The van der Waals surface area contributed by atoms with Gasteiger partial charge in [0.2, 0.25) is 0 Å². The van der Waals surface area contributed by atoms with E-state index >= 15 is 0 Å². The van der Waals surface area contributed by atoms with Crippen molar-refractivity contribution in [3.8, 4) is 0 Å². The summed E-state index contributed by atoms with van der Waals surface area (Å²) in [6, 6.07) is 0. The Hall–Kier alpha value is -0.0151. The molecule has 2 nitrogen and oxygen atoms in total. The molecule has 0 aromatic heterocycles. The van der Waals surface area contributed by atoms with E-state index in [1.807, 2.05) is 0 Å². The van der Waals surface area contributed by atoms with Crippen LogP contribution in [0.3, 0.4) is 0 Å². The quantitative estimate of drug-likeness (QED) is 0.568. The molecule has 0 aliphatic rings. The molecule has 3 heteroatoms. The minimum Gasteiger partial charge on any atom is -0.439 e. The van der Waals surface area contributed by atoms with Gasteiger partial charge in [0.1, 0.15) is 0 Å². The van der Waals surface area contributed by atoms with Gasteiger partial charge in [0.15, 0.2) is 0 Å². The van der Waals surface area contributed by atoms with Gasteiger partial charge < -0.3 is 9.39 Å². The average molecular weight is 158 g/mol. The second kappa shape index (κ2) is 3.59. The van der Waals surface area contributed by atoms with Crippen LogP contribution < -0.4 is 0 Å². The maximum atomic E-state index is 5.38. The molecular weight excluding hydrogens is 139 g/mol. The van der Waals surface area contributed by atoms with E-state index < -0.39 is 0 Å². The van der Waals surface area contributed by atoms with E-state index in [0.29, 0.717) is 6.61 Å². The average Bonchev–Trinajstić information content (AvgIpc) is 1.87. The van der Waals surface area contributed by atoms with Crippen molar-refractivity contribution in [2.45, 2.75) is 33.3 Å². The molecule has 0 radical (unpaired) electrons. The summed E-state index contributed by atoms with van der Waals surface area (Å²) in [4.78, 5) is 0. The van der Waals surface area contributed by atoms with Crippen LogP contribution in [0.1, 0.15) is 27.7 Å². The van der Waals surface area contributed by atoms with E-state index in [4.69, 9.17) is 9.39 Å². The van der Waals surface area contributed by atoms with Crippen molar-refractivity contribution in [3.05, 3.63) is 0 Å². The van der Waals surface area contributed by atoms with Crippen molar-refractivity contribution < 1.29 is 9.39 Å². The Labute approximate surface area is 70.7 Å². The number of hydrogen-bond acceptors (Lipinski definition) is 2. The molecule has 0 aromatic carbocycles. The molecule has 11 heavy (non-hydrogen) atoms. The van der Waals surface area contributed by atoms with Crippen molar-refractivity contribution in [1.29, 1.82) is 0 Å². The fourth-order valence-electron chi connectivity index (χ4n) is 0.811. The number of hydrogen-bond donors (Lipinski definition) is 0. The van der Waals surface area contributed by atoms with Crippen LogP contribution in [0.4, 0.5) is 0 Å². The molecule has 0 aliphatic carbocycles. The summed E-state index contributed by atoms with van der Waals surface area (Å²) in [6.07, 6.45) is 0. The lowest BCUT2D eigenvalue weighted by atomic mass is 9.77. The monoisotopic (exact) mass is 158 g/mol. The van der Waals surface area contributed by atoms with Gasteiger partial charge in [-0.1, -0.05) is 13.8 Å². The normalized spacial score (nSPS) is 13.5. The van der Waals surface area contributed by atoms with Crippen LogP contribution in [0.2, 0.25) is 0 Å². The molecule has 0 aliphatic heterocycles. The molecule has 0 atom stereocenters. The lowest BCUT2D eigenvalue weighted by Gasteiger charge is -2.40. The van der Waals surface area contributed by atoms with Crippen molar-refractivity contribution in [3.63, 3.8) is 0 Å². The summed E-state index contributed by atoms with van der Waals surface area (Å²) in [5.41, 5.74) is -0.0838. The first-order chi connectivity index (χ1) is 4.87. The molecule has 0 rings (SSSR count). The molecule has 0 unspecified atom stereocenters. The summed E-state index contributed by atoms with van der Waals surface area (Å²) in [7, 11) is 3.45. The lowest BCUT2D eigenvalue weighted by Crippen LogP contribution is -2.44. The molecule has 0 bridgehead atoms. The largest absolute Gasteiger partial charge is 0.439 e. The van der Waals surface area contributed by atoms with Crippen LogP contribution in [-0.4, -0.2) is 27.4 Å². The topological polar surface area (TPSA) is 18.5 Å². The Morgan fingerprint density at radius 1 is 1.18 bits per heavy atom. The third-order valence-electron chi connectivity index (χ3n) is 2.65. The van der Waals surface area contributed by atoms with Crippen LogP contribution >= 0.6 is 0 Å². The van der Waals surface area contributed by atoms with E-state index in [0.717, 1.165) is 0 Å². The highest BCUT2D eigenvalue weighted by Crippen LogP contribution is 2.32. The molecule has 0 saturated heterocycles. The Morgan fingerprint density at radius 2 is 1.64 bits per heavy atom. The molecule has 0 spiro atoms. The van der Waals surface area contributed by atoms with Gasteiger partial charge in [0.05, 0.1) is 12.2 Å². The summed E-state index contributed by atoms with van der Waals surface area (Å²) in [5, 5.41) is 0. The molecule has 0 fully saturated rings. The smallest absolute Gasteiger partial charge is 0.258 e. The Kier molecular flexibility index (Phi) is 3.58. The second-order valence-electron chi connectivity index (χ2n) is 4.03. The van der Waals surface area contributed by atoms with E-state index in [-0.39, 0.29) is 11.0 Å². The zero-order chi connectivity index (χ0) is 9.12. The third kappa shape index (κ3) is 2.49. The maximum absolute atomic E-state index is 5.38. The first-order valence-electron chi connectivity index (χ1n) is 3.91. The number of ether oxygens (including phenoxy) is 1. The van der Waals surface area contributed by atoms with Crippen LogP contribution in [0.25, 0.3) is 0 Å². The van der Waals surface area contributed by atoms with E-state index in [2.05, 4.69) is 27.7 Å². The molecule has 0 N–H and O–H groups in total. The Balaban J connectivity index is 4.26. The van der Waals surface area contributed by atoms with E-state index in [9.17, 15) is 0 Å². The highest BCUT2D eigenvalue weighted by Gasteiger charge is 2.36. The van der Waals surface area contributed by atoms with Gasteiger partial charge in [-0.25, -0.2) is 0 Å². The van der Waals surface area contributed by atoms with E-state index in [1.54, 1.807) is 15.2 Å². The first kappa shape index (κ1) is 11.0. The predicted molar refractivity (Wildman–Crippen MR) is 49.4 cm³/mol. The highest BCUT2D eigenvalue weighted by molar-refractivity contribution is 5.98. The minimum absolute atomic E-state index is 0.0521. The van der Waals surface area contributed by atoms with Crippen LogP contribution in [0, 0.1) is 5.41 Å². The molecule has 0 aromatic rings. The zero-order valence-corrected chi connectivity index (χ0v) is 8.52. The summed E-state index contributed by atoms with van der Waals surface area (Å²) < 4.78 is 10.5. The molecule has 0 amide bonds. The van der Waals surface area contributed by atoms with Gasteiger partial charge in [0.25, 0.3) is 8.05 Å². The zero-order valence-electron chi connectivity index (χ0n) is 8.52. The minimum atomic E-state index is -0.136. The van der Waals surface area contributed by atoms with Crippen molar-refractivity contribution in [1.82, 2.24) is 0 Å². The van der Waals surface area contributed by atoms with Gasteiger partial charge in [-0.15, -0.1) is 0 Å². The van der Waals surface area contributed by atoms with Crippen molar-refractivity contribution in [2.24, 2.45) is 5.41 Å². The Bertz CT molecular complexity index is 121. The van der Waals surface area contributed by atoms with Crippen molar-refractivity contribution in [2.75, 3.05) is 13.7 Å². The first-order valence-corrected chi connectivity index (χ1v) is 3.91. The summed E-state index contributed by atoms with van der Waals surface area (Å²) in [5.74, 6) is 0. The van der Waals surface area contributed by atoms with Gasteiger partial charge >= 0.3 is 0 Å². The SMILES string of the molecule is BOC(C)(C)C(C)(C)COC. The summed E-state index contributed by atoms with van der Waals surface area (Å²) in [6.45, 7) is 9.14. The summed E-state index contributed by atoms with van der Waals surface area (Å²) >= 11 is 0. The van der Waals surface area contributed by atoms with E-state index in [1.165, 1.54) is 0 Å². The fraction of sp³-hybridized carbons (Fsp3) is 1.00. The fourth-order valence-corrected chi connectivity index (χ4v) is 0.811. The maximum Gasteiger partial charge on any atom is 0.258 e. The highest BCUT2D eigenvalue weighted by atomic mass is 16.5. The van der Waals surface area contributed by atoms with Crippen LogP contribution in [-0.2, 0) is 9.39 Å². The molecule has 0 heterocycles. The van der Waals surface area contributed by atoms with Gasteiger partial charge in [0, 0.05) is 12.5 Å². The van der Waals surface area contributed by atoms with Crippen LogP contribution in [0.5, 0.6) is 0 Å². The molecule has 66 valence electrons. The molecular formula is C8H19BO2.